The van der Waals surface area contributed by atoms with Gasteiger partial charge in [0.25, 0.3) is 5.91 Å². The second-order valence-corrected chi connectivity index (χ2v) is 8.72. The maximum atomic E-state index is 12.3. The van der Waals surface area contributed by atoms with Crippen LogP contribution in [0, 0.1) is 11.8 Å². The molecule has 2 aliphatic rings. The minimum absolute atomic E-state index is 0.178. The lowest BCUT2D eigenvalue weighted by Crippen LogP contribution is -2.42. The molecule has 1 fully saturated rings. The van der Waals surface area contributed by atoms with Gasteiger partial charge in [0.2, 0.25) is 0 Å². The highest BCUT2D eigenvalue weighted by Crippen LogP contribution is 2.33. The van der Waals surface area contributed by atoms with Crippen LogP contribution in [0.2, 0.25) is 0 Å². The Kier molecular flexibility index (Phi) is 6.15. The van der Waals surface area contributed by atoms with Crippen molar-refractivity contribution in [2.24, 2.45) is 11.8 Å². The van der Waals surface area contributed by atoms with Gasteiger partial charge in [-0.25, -0.2) is 4.79 Å². The number of ether oxygens (including phenoxy) is 1. The molecule has 0 radical (unpaired) electrons. The minimum Gasteiger partial charge on any atom is -0.451 e. The molecule has 1 aromatic rings. The van der Waals surface area contributed by atoms with Crippen LogP contribution in [0.1, 0.15) is 72.5 Å². The summed E-state index contributed by atoms with van der Waals surface area (Å²) in [6, 6.07) is 2.20. The first-order chi connectivity index (χ1) is 12.1. The zero-order valence-electron chi connectivity index (χ0n) is 15.3. The number of rotatable bonds is 5. The summed E-state index contributed by atoms with van der Waals surface area (Å²) < 4.78 is 5.26. The van der Waals surface area contributed by atoms with Gasteiger partial charge in [-0.2, -0.15) is 0 Å². The van der Waals surface area contributed by atoms with Crippen molar-refractivity contribution in [2.75, 3.05) is 6.61 Å². The predicted octanol–water partition coefficient (Wildman–Crippen LogP) is 4.11. The Morgan fingerprint density at radius 3 is 2.84 bits per heavy atom. The van der Waals surface area contributed by atoms with E-state index in [0.29, 0.717) is 10.8 Å². The summed E-state index contributed by atoms with van der Waals surface area (Å²) in [6.45, 7) is 4.22. The van der Waals surface area contributed by atoms with E-state index in [0.717, 1.165) is 38.0 Å². The number of aryl methyl sites for hydroxylation is 1. The first-order valence-corrected chi connectivity index (χ1v) is 10.5. The number of carbonyl (C=O) groups is 2. The van der Waals surface area contributed by atoms with Crippen molar-refractivity contribution < 1.29 is 14.3 Å². The molecule has 2 aliphatic carbocycles. The minimum atomic E-state index is -0.362. The summed E-state index contributed by atoms with van der Waals surface area (Å²) >= 11 is 1.54. The molecule has 0 bridgehead atoms. The number of hydrogen-bond acceptors (Lipinski definition) is 4. The summed E-state index contributed by atoms with van der Waals surface area (Å²) in [4.78, 5) is 26.3. The van der Waals surface area contributed by atoms with E-state index < -0.39 is 0 Å². The Morgan fingerprint density at radius 2 is 2.08 bits per heavy atom. The normalized spacial score (nSPS) is 25.9. The Morgan fingerprint density at radius 1 is 1.28 bits per heavy atom. The highest BCUT2D eigenvalue weighted by atomic mass is 32.1. The van der Waals surface area contributed by atoms with Gasteiger partial charge in [0.15, 0.2) is 6.61 Å². The van der Waals surface area contributed by atoms with Gasteiger partial charge in [-0.3, -0.25) is 4.79 Å². The number of esters is 1. The van der Waals surface area contributed by atoms with Crippen molar-refractivity contribution in [3.8, 4) is 0 Å². The van der Waals surface area contributed by atoms with E-state index in [2.05, 4.69) is 19.2 Å². The number of fused-ring (bicyclic) bond motifs is 1. The van der Waals surface area contributed by atoms with Gasteiger partial charge in [0, 0.05) is 10.9 Å². The molecule has 1 saturated carbocycles. The molecule has 0 spiro atoms. The smallest absolute Gasteiger partial charge is 0.348 e. The molecular formula is C20H29NO3S. The third-order valence-corrected chi connectivity index (χ3v) is 6.97. The Balaban J connectivity index is 1.49. The summed E-state index contributed by atoms with van der Waals surface area (Å²) in [5.74, 6) is 0.692. The van der Waals surface area contributed by atoms with Crippen LogP contribution in [-0.2, 0) is 22.4 Å². The zero-order chi connectivity index (χ0) is 17.8. The number of thiophene rings is 1. The summed E-state index contributed by atoms with van der Waals surface area (Å²) in [6.07, 6.45) is 9.11. The topological polar surface area (TPSA) is 55.4 Å². The number of nitrogens with one attached hydrogen (secondary N) is 1. The molecule has 1 amide bonds. The molecule has 1 N–H and O–H groups in total. The van der Waals surface area contributed by atoms with E-state index >= 15 is 0 Å². The molecule has 0 aliphatic heterocycles. The highest BCUT2D eigenvalue weighted by molar-refractivity contribution is 7.14. The van der Waals surface area contributed by atoms with Crippen molar-refractivity contribution in [3.05, 3.63) is 21.4 Å². The molecule has 5 heteroatoms. The van der Waals surface area contributed by atoms with Gasteiger partial charge in [-0.1, -0.05) is 33.1 Å². The molecule has 4 nitrogen and oxygen atoms in total. The van der Waals surface area contributed by atoms with Crippen LogP contribution in [0.15, 0.2) is 6.07 Å². The fourth-order valence-electron chi connectivity index (χ4n) is 4.03. The Hall–Kier alpha value is -1.36. The lowest BCUT2D eigenvalue weighted by atomic mass is 9.86. The number of carbonyl (C=O) groups excluding carboxylic acids is 2. The van der Waals surface area contributed by atoms with Crippen LogP contribution in [0.25, 0.3) is 0 Å². The molecule has 1 aromatic heterocycles. The molecule has 0 aromatic carbocycles. The van der Waals surface area contributed by atoms with Gasteiger partial charge in [0.1, 0.15) is 4.88 Å². The first-order valence-electron chi connectivity index (χ1n) is 9.65. The van der Waals surface area contributed by atoms with Crippen molar-refractivity contribution >= 4 is 23.2 Å². The van der Waals surface area contributed by atoms with Crippen LogP contribution in [0.4, 0.5) is 0 Å². The number of hydrogen-bond donors (Lipinski definition) is 1. The van der Waals surface area contributed by atoms with Crippen molar-refractivity contribution in [1.82, 2.24) is 5.32 Å². The van der Waals surface area contributed by atoms with E-state index in [1.54, 1.807) is 0 Å². The average molecular weight is 364 g/mol. The quantitative estimate of drug-likeness (QED) is 0.801. The molecule has 3 rings (SSSR count). The summed E-state index contributed by atoms with van der Waals surface area (Å²) in [5.41, 5.74) is 1.30. The van der Waals surface area contributed by atoms with Crippen LogP contribution in [0.5, 0.6) is 0 Å². The Bertz CT molecular complexity index is 624. The van der Waals surface area contributed by atoms with E-state index in [9.17, 15) is 9.59 Å². The van der Waals surface area contributed by atoms with E-state index in [-0.39, 0.29) is 24.5 Å². The summed E-state index contributed by atoms with van der Waals surface area (Å²) in [5, 5.41) is 3.03. The van der Waals surface area contributed by atoms with E-state index in [1.165, 1.54) is 41.0 Å². The van der Waals surface area contributed by atoms with E-state index in [4.69, 9.17) is 4.74 Å². The molecule has 0 saturated heterocycles. The lowest BCUT2D eigenvalue weighted by Gasteiger charge is -2.29. The van der Waals surface area contributed by atoms with Crippen LogP contribution in [-0.4, -0.2) is 24.5 Å². The summed E-state index contributed by atoms with van der Waals surface area (Å²) in [7, 11) is 0. The largest absolute Gasteiger partial charge is 0.451 e. The average Bonchev–Trinajstić information content (AvgIpc) is 3.04. The van der Waals surface area contributed by atoms with Crippen LogP contribution >= 0.6 is 11.3 Å². The second kappa shape index (κ2) is 8.35. The maximum absolute atomic E-state index is 12.3. The highest BCUT2D eigenvalue weighted by Gasteiger charge is 2.25. The SMILES string of the molecule is CCC1CCc2sc(C(=O)OCC(=O)NC3CCCCC3C)cc2C1. The van der Waals surface area contributed by atoms with Gasteiger partial charge >= 0.3 is 5.97 Å². The van der Waals surface area contributed by atoms with Crippen LogP contribution in [0.3, 0.4) is 0 Å². The fourth-order valence-corrected chi connectivity index (χ4v) is 5.13. The van der Waals surface area contributed by atoms with Gasteiger partial charge in [0.05, 0.1) is 0 Å². The fraction of sp³-hybridized carbons (Fsp3) is 0.700. The zero-order valence-corrected chi connectivity index (χ0v) is 16.1. The van der Waals surface area contributed by atoms with Crippen molar-refractivity contribution in [2.45, 2.75) is 71.3 Å². The molecule has 1 heterocycles. The Labute approximate surface area is 154 Å². The van der Waals surface area contributed by atoms with Gasteiger partial charge in [-0.15, -0.1) is 11.3 Å². The van der Waals surface area contributed by atoms with Crippen molar-refractivity contribution in [3.63, 3.8) is 0 Å². The second-order valence-electron chi connectivity index (χ2n) is 7.59. The maximum Gasteiger partial charge on any atom is 0.348 e. The molecular weight excluding hydrogens is 334 g/mol. The molecule has 138 valence electrons. The molecule has 3 atom stereocenters. The standard InChI is InChI=1S/C20H29NO3S/c1-3-14-8-9-17-15(10-14)11-18(25-17)20(23)24-12-19(22)21-16-7-5-4-6-13(16)2/h11,13-14,16H,3-10,12H2,1-2H3,(H,21,22). The predicted molar refractivity (Wildman–Crippen MR) is 100.0 cm³/mol. The third-order valence-electron chi connectivity index (χ3n) is 5.76. The van der Waals surface area contributed by atoms with Gasteiger partial charge < -0.3 is 10.1 Å². The van der Waals surface area contributed by atoms with E-state index in [1.807, 2.05) is 6.07 Å². The molecule has 3 unspecified atom stereocenters. The first kappa shape index (κ1) is 18.4. The molecule has 25 heavy (non-hydrogen) atoms. The van der Waals surface area contributed by atoms with Crippen LogP contribution < -0.4 is 5.32 Å². The monoisotopic (exact) mass is 363 g/mol. The van der Waals surface area contributed by atoms with Crippen molar-refractivity contribution in [1.29, 1.82) is 0 Å². The third kappa shape index (κ3) is 4.63. The van der Waals surface area contributed by atoms with Gasteiger partial charge in [-0.05, 0) is 55.6 Å². The lowest BCUT2D eigenvalue weighted by molar-refractivity contribution is -0.125. The number of amides is 1.